The quantitative estimate of drug-likeness (QED) is 0.788. The lowest BCUT2D eigenvalue weighted by Crippen LogP contribution is -2.14. The molecule has 0 fully saturated rings. The monoisotopic (exact) mass is 298 g/mol. The number of amides is 1. The van der Waals surface area contributed by atoms with Crippen LogP contribution in [0.3, 0.4) is 0 Å². The zero-order valence-electron chi connectivity index (χ0n) is 12.1. The molecule has 22 heavy (non-hydrogen) atoms. The second kappa shape index (κ2) is 5.36. The van der Waals surface area contributed by atoms with Crippen molar-refractivity contribution in [3.63, 3.8) is 0 Å². The molecule has 112 valence electrons. The van der Waals surface area contributed by atoms with Gasteiger partial charge in [0.05, 0.1) is 25.5 Å². The number of primary amides is 1. The predicted octanol–water partition coefficient (Wildman–Crippen LogP) is 1.51. The molecule has 2 N–H and O–H groups in total. The van der Waals surface area contributed by atoms with Crippen LogP contribution >= 0.6 is 0 Å². The Hall–Kier alpha value is -3.09. The summed E-state index contributed by atoms with van der Waals surface area (Å²) in [6.07, 6.45) is 1.40. The fourth-order valence-corrected chi connectivity index (χ4v) is 2.33. The standard InChI is InChI=1S/C15H14N4O3/c1-21-10-5-3-4-9(6-10)12-7-11(14(16)20)13(22-2)15-17-8-18-19(12)15/h3-8H,1-2H3,(H2,16,20). The van der Waals surface area contributed by atoms with Crippen molar-refractivity contribution in [3.05, 3.63) is 42.2 Å². The minimum absolute atomic E-state index is 0.251. The number of carbonyl (C=O) groups is 1. The van der Waals surface area contributed by atoms with E-state index in [1.54, 1.807) is 17.7 Å². The summed E-state index contributed by atoms with van der Waals surface area (Å²) in [5, 5.41) is 4.19. The molecule has 0 aliphatic heterocycles. The van der Waals surface area contributed by atoms with E-state index in [9.17, 15) is 4.79 Å². The highest BCUT2D eigenvalue weighted by Gasteiger charge is 2.19. The lowest BCUT2D eigenvalue weighted by atomic mass is 10.1. The summed E-state index contributed by atoms with van der Waals surface area (Å²) in [6.45, 7) is 0. The Morgan fingerprint density at radius 2 is 2.05 bits per heavy atom. The van der Waals surface area contributed by atoms with Crippen LogP contribution in [0.4, 0.5) is 0 Å². The van der Waals surface area contributed by atoms with E-state index in [1.807, 2.05) is 24.3 Å². The Labute approximate surface area is 126 Å². The Morgan fingerprint density at radius 1 is 1.23 bits per heavy atom. The summed E-state index contributed by atoms with van der Waals surface area (Å²) in [7, 11) is 3.05. The van der Waals surface area contributed by atoms with E-state index < -0.39 is 5.91 Å². The molecule has 0 aliphatic carbocycles. The minimum Gasteiger partial charge on any atom is -0.497 e. The molecule has 0 radical (unpaired) electrons. The number of hydrogen-bond acceptors (Lipinski definition) is 5. The smallest absolute Gasteiger partial charge is 0.252 e. The van der Waals surface area contributed by atoms with Gasteiger partial charge in [-0.3, -0.25) is 4.79 Å². The van der Waals surface area contributed by atoms with Gasteiger partial charge in [0.25, 0.3) is 5.91 Å². The second-order valence-corrected chi connectivity index (χ2v) is 4.57. The average Bonchev–Trinajstić information content (AvgIpc) is 3.02. The van der Waals surface area contributed by atoms with Crippen LogP contribution in [0, 0.1) is 0 Å². The van der Waals surface area contributed by atoms with Gasteiger partial charge < -0.3 is 15.2 Å². The van der Waals surface area contributed by atoms with Crippen molar-refractivity contribution in [1.29, 1.82) is 0 Å². The van der Waals surface area contributed by atoms with Crippen molar-refractivity contribution in [1.82, 2.24) is 14.6 Å². The van der Waals surface area contributed by atoms with Gasteiger partial charge in [-0.15, -0.1) is 0 Å². The SMILES string of the molecule is COc1cccc(-c2cc(C(N)=O)c(OC)c3ncnn23)c1. The number of rotatable bonds is 4. The topological polar surface area (TPSA) is 91.7 Å². The van der Waals surface area contributed by atoms with Gasteiger partial charge in [-0.25, -0.2) is 9.50 Å². The number of aromatic nitrogens is 3. The molecule has 0 aliphatic rings. The van der Waals surface area contributed by atoms with Crippen LogP contribution < -0.4 is 15.2 Å². The van der Waals surface area contributed by atoms with E-state index >= 15 is 0 Å². The molecule has 0 unspecified atom stereocenters. The van der Waals surface area contributed by atoms with Crippen molar-refractivity contribution in [2.24, 2.45) is 5.73 Å². The number of benzene rings is 1. The molecule has 7 heteroatoms. The van der Waals surface area contributed by atoms with E-state index in [4.69, 9.17) is 15.2 Å². The number of pyridine rings is 1. The van der Waals surface area contributed by atoms with Gasteiger partial charge in [0.2, 0.25) is 0 Å². The lowest BCUT2D eigenvalue weighted by molar-refractivity contribution is 0.0997. The number of nitrogens with zero attached hydrogens (tertiary/aromatic N) is 3. The normalized spacial score (nSPS) is 10.6. The first-order valence-corrected chi connectivity index (χ1v) is 6.50. The third-order valence-corrected chi connectivity index (χ3v) is 3.34. The van der Waals surface area contributed by atoms with Crippen LogP contribution in [0.1, 0.15) is 10.4 Å². The molecule has 3 rings (SSSR count). The molecule has 0 spiro atoms. The molecule has 0 atom stereocenters. The number of ether oxygens (including phenoxy) is 2. The summed E-state index contributed by atoms with van der Waals surface area (Å²) in [5.41, 5.74) is 7.62. The van der Waals surface area contributed by atoms with Crippen molar-refractivity contribution in [3.8, 4) is 22.8 Å². The van der Waals surface area contributed by atoms with E-state index in [2.05, 4.69) is 10.1 Å². The highest BCUT2D eigenvalue weighted by atomic mass is 16.5. The molecule has 0 saturated heterocycles. The Balaban J connectivity index is 2.33. The third-order valence-electron chi connectivity index (χ3n) is 3.34. The first-order chi connectivity index (χ1) is 10.7. The highest BCUT2D eigenvalue weighted by molar-refractivity contribution is 5.99. The van der Waals surface area contributed by atoms with Crippen LogP contribution in [-0.4, -0.2) is 34.7 Å². The molecule has 0 bridgehead atoms. The molecule has 2 heterocycles. The summed E-state index contributed by atoms with van der Waals surface area (Å²) in [5.74, 6) is 0.408. The van der Waals surface area contributed by atoms with Crippen LogP contribution in [0.15, 0.2) is 36.7 Å². The number of methoxy groups -OCH3 is 2. The Morgan fingerprint density at radius 3 is 2.73 bits per heavy atom. The zero-order valence-corrected chi connectivity index (χ0v) is 12.1. The van der Waals surface area contributed by atoms with E-state index in [0.717, 1.165) is 5.56 Å². The van der Waals surface area contributed by atoms with Gasteiger partial charge in [0, 0.05) is 5.56 Å². The fraction of sp³-hybridized carbons (Fsp3) is 0.133. The number of carbonyl (C=O) groups excluding carboxylic acids is 1. The number of fused-ring (bicyclic) bond motifs is 1. The van der Waals surface area contributed by atoms with Crippen LogP contribution in [0.2, 0.25) is 0 Å². The van der Waals surface area contributed by atoms with E-state index in [-0.39, 0.29) is 5.56 Å². The van der Waals surface area contributed by atoms with Crippen LogP contribution in [-0.2, 0) is 0 Å². The number of hydrogen-bond donors (Lipinski definition) is 1. The summed E-state index contributed by atoms with van der Waals surface area (Å²) < 4.78 is 12.1. The minimum atomic E-state index is -0.591. The van der Waals surface area contributed by atoms with E-state index in [1.165, 1.54) is 13.4 Å². The predicted molar refractivity (Wildman–Crippen MR) is 80.0 cm³/mol. The zero-order chi connectivity index (χ0) is 15.7. The maximum Gasteiger partial charge on any atom is 0.252 e. The lowest BCUT2D eigenvalue weighted by Gasteiger charge is -2.12. The van der Waals surface area contributed by atoms with Crippen molar-refractivity contribution in [2.45, 2.75) is 0 Å². The maximum absolute atomic E-state index is 11.7. The van der Waals surface area contributed by atoms with Crippen molar-refractivity contribution in [2.75, 3.05) is 14.2 Å². The van der Waals surface area contributed by atoms with Gasteiger partial charge >= 0.3 is 0 Å². The first-order valence-electron chi connectivity index (χ1n) is 6.50. The van der Waals surface area contributed by atoms with Gasteiger partial charge in [-0.1, -0.05) is 12.1 Å². The maximum atomic E-state index is 11.7. The number of nitrogens with two attached hydrogens (primary N) is 1. The van der Waals surface area contributed by atoms with Crippen molar-refractivity contribution < 1.29 is 14.3 Å². The Bertz CT molecular complexity index is 857. The fourth-order valence-electron chi connectivity index (χ4n) is 2.33. The largest absolute Gasteiger partial charge is 0.497 e. The van der Waals surface area contributed by atoms with Crippen molar-refractivity contribution >= 4 is 11.6 Å². The average molecular weight is 298 g/mol. The first kappa shape index (κ1) is 13.9. The van der Waals surface area contributed by atoms with Gasteiger partial charge in [0.15, 0.2) is 11.4 Å². The van der Waals surface area contributed by atoms with E-state index in [0.29, 0.717) is 22.8 Å². The van der Waals surface area contributed by atoms with Gasteiger partial charge in [0.1, 0.15) is 12.1 Å². The summed E-state index contributed by atoms with van der Waals surface area (Å²) >= 11 is 0. The van der Waals surface area contributed by atoms with Crippen LogP contribution in [0.5, 0.6) is 11.5 Å². The second-order valence-electron chi connectivity index (χ2n) is 4.57. The highest BCUT2D eigenvalue weighted by Crippen LogP contribution is 2.31. The van der Waals surface area contributed by atoms with Gasteiger partial charge in [-0.2, -0.15) is 5.10 Å². The van der Waals surface area contributed by atoms with Gasteiger partial charge in [-0.05, 0) is 18.2 Å². The molecular weight excluding hydrogens is 284 g/mol. The molecule has 1 aromatic carbocycles. The molecule has 2 aromatic heterocycles. The summed E-state index contributed by atoms with van der Waals surface area (Å²) in [6, 6.07) is 9.05. The summed E-state index contributed by atoms with van der Waals surface area (Å²) in [4.78, 5) is 15.9. The molecular formula is C15H14N4O3. The molecule has 3 aromatic rings. The molecule has 0 saturated carbocycles. The third kappa shape index (κ3) is 2.12. The molecule has 1 amide bonds. The van der Waals surface area contributed by atoms with Crippen LogP contribution in [0.25, 0.3) is 16.9 Å². The Kier molecular flexibility index (Phi) is 3.38. The molecule has 7 nitrogen and oxygen atoms in total.